The van der Waals surface area contributed by atoms with E-state index in [0.29, 0.717) is 22.5 Å². The Morgan fingerprint density at radius 3 is 1.94 bits per heavy atom. The van der Waals surface area contributed by atoms with Crippen molar-refractivity contribution in [2.45, 2.75) is 6.42 Å². The molecular formula is C28H20N2O3. The van der Waals surface area contributed by atoms with Gasteiger partial charge in [0.1, 0.15) is 0 Å². The van der Waals surface area contributed by atoms with Crippen molar-refractivity contribution in [1.29, 1.82) is 0 Å². The summed E-state index contributed by atoms with van der Waals surface area (Å²) >= 11 is 0. The lowest BCUT2D eigenvalue weighted by Crippen LogP contribution is -2.29. The van der Waals surface area contributed by atoms with Crippen LogP contribution in [0.4, 0.5) is 11.4 Å². The number of anilines is 2. The Morgan fingerprint density at radius 2 is 1.27 bits per heavy atom. The number of fused-ring (bicyclic) bond motifs is 1. The van der Waals surface area contributed by atoms with Crippen LogP contribution in [-0.2, 0) is 11.2 Å². The number of benzene rings is 4. The molecule has 0 aromatic heterocycles. The van der Waals surface area contributed by atoms with E-state index in [2.05, 4.69) is 5.32 Å². The monoisotopic (exact) mass is 432 g/mol. The van der Waals surface area contributed by atoms with Crippen molar-refractivity contribution >= 4 is 29.1 Å². The number of imide groups is 1. The molecule has 3 amide bonds. The summed E-state index contributed by atoms with van der Waals surface area (Å²) in [5.74, 6) is -0.905. The first kappa shape index (κ1) is 20.4. The second kappa shape index (κ2) is 8.55. The first-order chi connectivity index (χ1) is 16.1. The number of carbonyl (C=O) groups is 3. The molecule has 1 aliphatic rings. The van der Waals surface area contributed by atoms with Gasteiger partial charge in [-0.1, -0.05) is 72.8 Å². The molecule has 5 heteroatoms. The summed E-state index contributed by atoms with van der Waals surface area (Å²) in [6.45, 7) is 0. The van der Waals surface area contributed by atoms with Crippen molar-refractivity contribution in [3.05, 3.63) is 120 Å². The van der Waals surface area contributed by atoms with Gasteiger partial charge in [0.05, 0.1) is 23.2 Å². The first-order valence-corrected chi connectivity index (χ1v) is 10.6. The number of rotatable bonds is 5. The highest BCUT2D eigenvalue weighted by molar-refractivity contribution is 6.34. The standard InChI is InChI=1S/C28H20N2O3/c31-26(17-19-13-15-21(16-14-19)20-7-2-1-3-8-20)29-22-9-6-10-23(18-22)30-27(32)24-11-4-5-12-25(24)28(30)33/h1-16,18H,17H2,(H,29,31). The fourth-order valence-corrected chi connectivity index (χ4v) is 3.98. The minimum atomic E-state index is -0.363. The fourth-order valence-electron chi connectivity index (χ4n) is 3.98. The third kappa shape index (κ3) is 4.04. The Kier molecular flexibility index (Phi) is 5.29. The molecule has 0 saturated carbocycles. The molecule has 0 atom stereocenters. The van der Waals surface area contributed by atoms with E-state index in [0.717, 1.165) is 21.6 Å². The molecule has 4 aromatic rings. The molecule has 1 heterocycles. The van der Waals surface area contributed by atoms with Gasteiger partial charge < -0.3 is 5.32 Å². The molecular weight excluding hydrogens is 412 g/mol. The minimum absolute atomic E-state index is 0.179. The van der Waals surface area contributed by atoms with Crippen LogP contribution >= 0.6 is 0 Å². The lowest BCUT2D eigenvalue weighted by molar-refractivity contribution is -0.115. The van der Waals surface area contributed by atoms with Crippen molar-refractivity contribution in [2.24, 2.45) is 0 Å². The van der Waals surface area contributed by atoms with Crippen molar-refractivity contribution in [2.75, 3.05) is 10.2 Å². The van der Waals surface area contributed by atoms with E-state index >= 15 is 0 Å². The van der Waals surface area contributed by atoms with Crippen molar-refractivity contribution < 1.29 is 14.4 Å². The summed E-state index contributed by atoms with van der Waals surface area (Å²) in [5.41, 5.74) is 4.82. The lowest BCUT2D eigenvalue weighted by Gasteiger charge is -2.15. The number of amides is 3. The maximum absolute atomic E-state index is 12.7. The molecule has 5 rings (SSSR count). The van der Waals surface area contributed by atoms with E-state index in [1.807, 2.05) is 54.6 Å². The smallest absolute Gasteiger partial charge is 0.266 e. The number of carbonyl (C=O) groups excluding carboxylic acids is 3. The average molecular weight is 432 g/mol. The third-order valence-electron chi connectivity index (χ3n) is 5.61. The van der Waals surface area contributed by atoms with Gasteiger partial charge in [0, 0.05) is 5.69 Å². The van der Waals surface area contributed by atoms with E-state index in [9.17, 15) is 14.4 Å². The number of nitrogens with one attached hydrogen (secondary N) is 1. The van der Waals surface area contributed by atoms with Gasteiger partial charge in [-0.05, 0) is 47.0 Å². The highest BCUT2D eigenvalue weighted by Gasteiger charge is 2.36. The molecule has 4 aromatic carbocycles. The van der Waals surface area contributed by atoms with Gasteiger partial charge >= 0.3 is 0 Å². The summed E-state index contributed by atoms with van der Waals surface area (Å²) < 4.78 is 0. The molecule has 0 saturated heterocycles. The van der Waals surface area contributed by atoms with E-state index in [4.69, 9.17) is 0 Å². The number of hydrogen-bond acceptors (Lipinski definition) is 3. The molecule has 160 valence electrons. The lowest BCUT2D eigenvalue weighted by atomic mass is 10.0. The van der Waals surface area contributed by atoms with E-state index < -0.39 is 0 Å². The van der Waals surface area contributed by atoms with Crippen LogP contribution in [0.15, 0.2) is 103 Å². The second-order valence-electron chi connectivity index (χ2n) is 7.83. The van der Waals surface area contributed by atoms with E-state index in [1.165, 1.54) is 0 Å². The first-order valence-electron chi connectivity index (χ1n) is 10.6. The molecule has 33 heavy (non-hydrogen) atoms. The molecule has 0 aliphatic carbocycles. The van der Waals surface area contributed by atoms with Crippen molar-refractivity contribution in [1.82, 2.24) is 0 Å². The minimum Gasteiger partial charge on any atom is -0.326 e. The van der Waals surface area contributed by atoms with Crippen LogP contribution in [0.2, 0.25) is 0 Å². The second-order valence-corrected chi connectivity index (χ2v) is 7.83. The summed E-state index contributed by atoms with van der Waals surface area (Å²) in [5, 5.41) is 2.86. The predicted molar refractivity (Wildman–Crippen MR) is 128 cm³/mol. The van der Waals surface area contributed by atoms with Gasteiger partial charge in [-0.3, -0.25) is 14.4 Å². The van der Waals surface area contributed by atoms with Crippen LogP contribution in [0, 0.1) is 0 Å². The quantitative estimate of drug-likeness (QED) is 0.433. The predicted octanol–water partition coefficient (Wildman–Crippen LogP) is 5.34. The maximum atomic E-state index is 12.7. The topological polar surface area (TPSA) is 66.5 Å². The van der Waals surface area contributed by atoms with Crippen molar-refractivity contribution in [3.8, 4) is 11.1 Å². The third-order valence-corrected chi connectivity index (χ3v) is 5.61. The SMILES string of the molecule is O=C(Cc1ccc(-c2ccccc2)cc1)Nc1cccc(N2C(=O)c3ccccc3C2=O)c1. The van der Waals surface area contributed by atoms with Crippen LogP contribution in [0.5, 0.6) is 0 Å². The summed E-state index contributed by atoms with van der Waals surface area (Å²) in [6, 6.07) is 31.5. The molecule has 0 bridgehead atoms. The molecule has 1 aliphatic heterocycles. The average Bonchev–Trinajstić information content (AvgIpc) is 3.10. The Hall–Kier alpha value is -4.51. The van der Waals surface area contributed by atoms with Gasteiger partial charge in [0.15, 0.2) is 0 Å². The zero-order chi connectivity index (χ0) is 22.8. The van der Waals surface area contributed by atoms with E-state index in [1.54, 1.807) is 48.5 Å². The molecule has 0 fully saturated rings. The molecule has 0 unspecified atom stereocenters. The highest BCUT2D eigenvalue weighted by atomic mass is 16.2. The molecule has 0 spiro atoms. The van der Waals surface area contributed by atoms with Crippen LogP contribution in [0.25, 0.3) is 11.1 Å². The van der Waals surface area contributed by atoms with E-state index in [-0.39, 0.29) is 24.1 Å². The van der Waals surface area contributed by atoms with Crippen LogP contribution in [-0.4, -0.2) is 17.7 Å². The largest absolute Gasteiger partial charge is 0.326 e. The summed E-state index contributed by atoms with van der Waals surface area (Å²) in [6.07, 6.45) is 0.215. The van der Waals surface area contributed by atoms with Gasteiger partial charge in [-0.2, -0.15) is 0 Å². The van der Waals surface area contributed by atoms with Crippen LogP contribution < -0.4 is 10.2 Å². The van der Waals surface area contributed by atoms with Gasteiger partial charge in [-0.25, -0.2) is 4.90 Å². The van der Waals surface area contributed by atoms with Crippen LogP contribution in [0.1, 0.15) is 26.3 Å². The zero-order valence-electron chi connectivity index (χ0n) is 17.7. The Balaban J connectivity index is 1.28. The Morgan fingerprint density at radius 1 is 0.667 bits per heavy atom. The number of nitrogens with zero attached hydrogens (tertiary/aromatic N) is 1. The van der Waals surface area contributed by atoms with Crippen LogP contribution in [0.3, 0.4) is 0 Å². The van der Waals surface area contributed by atoms with Gasteiger partial charge in [0.2, 0.25) is 5.91 Å². The van der Waals surface area contributed by atoms with Crippen molar-refractivity contribution in [3.63, 3.8) is 0 Å². The molecule has 5 nitrogen and oxygen atoms in total. The maximum Gasteiger partial charge on any atom is 0.266 e. The fraction of sp³-hybridized carbons (Fsp3) is 0.0357. The number of hydrogen-bond donors (Lipinski definition) is 1. The highest BCUT2D eigenvalue weighted by Crippen LogP contribution is 2.29. The Bertz CT molecular complexity index is 1330. The molecule has 1 N–H and O–H groups in total. The van der Waals surface area contributed by atoms with Gasteiger partial charge in [-0.15, -0.1) is 0 Å². The summed E-state index contributed by atoms with van der Waals surface area (Å²) in [7, 11) is 0. The van der Waals surface area contributed by atoms with Gasteiger partial charge in [0.25, 0.3) is 11.8 Å². The zero-order valence-corrected chi connectivity index (χ0v) is 17.7. The normalized spacial score (nSPS) is 12.5. The molecule has 0 radical (unpaired) electrons. The summed E-state index contributed by atoms with van der Waals surface area (Å²) in [4.78, 5) is 39.2. The Labute approximate surface area is 191 Å².